The molecule has 1 unspecified atom stereocenters. The summed E-state index contributed by atoms with van der Waals surface area (Å²) in [6, 6.07) is 5.82. The summed E-state index contributed by atoms with van der Waals surface area (Å²) in [6.45, 7) is 5.92. The number of likely N-dealkylation sites (tertiary alicyclic amines) is 1. The third-order valence-corrected chi connectivity index (χ3v) is 4.34. The highest BCUT2D eigenvalue weighted by atomic mass is 35.5. The summed E-state index contributed by atoms with van der Waals surface area (Å²) < 4.78 is 5.87. The van der Waals surface area contributed by atoms with E-state index in [1.807, 2.05) is 18.2 Å². The van der Waals surface area contributed by atoms with Crippen molar-refractivity contribution in [2.45, 2.75) is 38.8 Å². The number of hydrogen-bond acceptors (Lipinski definition) is 3. The van der Waals surface area contributed by atoms with E-state index in [1.54, 1.807) is 0 Å². The average molecular weight is 327 g/mol. The van der Waals surface area contributed by atoms with Crippen LogP contribution in [-0.4, -0.2) is 35.7 Å². The minimum atomic E-state index is 0.355. The summed E-state index contributed by atoms with van der Waals surface area (Å²) in [6.07, 6.45) is 3.76. The lowest BCUT2D eigenvalue weighted by Crippen LogP contribution is -2.39. The Labute approximate surface area is 137 Å². The highest BCUT2D eigenvalue weighted by molar-refractivity contribution is 7.80. The number of halogens is 1. The maximum Gasteiger partial charge on any atom is 0.104 e. The largest absolute Gasteiger partial charge is 0.389 e. The summed E-state index contributed by atoms with van der Waals surface area (Å²) in [7, 11) is 0. The first-order valence-corrected chi connectivity index (χ1v) is 8.31. The summed E-state index contributed by atoms with van der Waals surface area (Å²) >= 11 is 11.3. The van der Waals surface area contributed by atoms with Crippen LogP contribution in [0.25, 0.3) is 0 Å². The van der Waals surface area contributed by atoms with Gasteiger partial charge in [-0.1, -0.05) is 42.9 Å². The Balaban J connectivity index is 1.96. The summed E-state index contributed by atoms with van der Waals surface area (Å²) in [4.78, 5) is 2.79. The lowest BCUT2D eigenvalue weighted by atomic mass is 10.1. The third kappa shape index (κ3) is 4.92. The molecule has 3 nitrogen and oxygen atoms in total. The average Bonchev–Trinajstić information content (AvgIpc) is 2.47. The molecule has 0 spiro atoms. The molecular weight excluding hydrogens is 304 g/mol. The number of hydrogen-bond donors (Lipinski definition) is 1. The third-order valence-electron chi connectivity index (χ3n) is 3.75. The number of piperidine rings is 1. The van der Waals surface area contributed by atoms with E-state index >= 15 is 0 Å². The molecule has 0 aromatic heterocycles. The molecule has 1 heterocycles. The zero-order valence-corrected chi connectivity index (χ0v) is 14.1. The van der Waals surface area contributed by atoms with E-state index in [9.17, 15) is 0 Å². The number of rotatable bonds is 6. The van der Waals surface area contributed by atoms with Gasteiger partial charge in [-0.3, -0.25) is 4.90 Å². The van der Waals surface area contributed by atoms with Crippen LogP contribution in [0, 0.1) is 0 Å². The molecule has 1 atom stereocenters. The smallest absolute Gasteiger partial charge is 0.104 e. The van der Waals surface area contributed by atoms with Gasteiger partial charge in [0.05, 0.1) is 6.10 Å². The van der Waals surface area contributed by atoms with Gasteiger partial charge in [0.1, 0.15) is 4.99 Å². The van der Waals surface area contributed by atoms with Crippen molar-refractivity contribution in [2.75, 3.05) is 19.7 Å². The predicted octanol–water partition coefficient (Wildman–Crippen LogP) is 3.37. The number of nitrogens with zero attached hydrogens (tertiary/aromatic N) is 1. The first-order chi connectivity index (χ1) is 10.1. The number of benzene rings is 1. The van der Waals surface area contributed by atoms with E-state index in [2.05, 4.69) is 11.8 Å². The number of ether oxygens (including phenoxy) is 1. The van der Waals surface area contributed by atoms with Crippen LogP contribution in [0.15, 0.2) is 18.2 Å². The van der Waals surface area contributed by atoms with Crippen LogP contribution >= 0.6 is 23.8 Å². The minimum Gasteiger partial charge on any atom is -0.389 e. The van der Waals surface area contributed by atoms with E-state index in [0.717, 1.165) is 55.2 Å². The molecule has 1 aromatic rings. The molecule has 21 heavy (non-hydrogen) atoms. The van der Waals surface area contributed by atoms with Crippen LogP contribution in [0.4, 0.5) is 0 Å². The van der Waals surface area contributed by atoms with Crippen molar-refractivity contribution in [1.82, 2.24) is 4.90 Å². The van der Waals surface area contributed by atoms with Gasteiger partial charge in [0.2, 0.25) is 0 Å². The van der Waals surface area contributed by atoms with Crippen LogP contribution in [0.5, 0.6) is 0 Å². The van der Waals surface area contributed by atoms with Crippen molar-refractivity contribution in [3.63, 3.8) is 0 Å². The summed E-state index contributed by atoms with van der Waals surface area (Å²) in [5.74, 6) is 0. The maximum atomic E-state index is 6.34. The van der Waals surface area contributed by atoms with Gasteiger partial charge in [0.25, 0.3) is 0 Å². The van der Waals surface area contributed by atoms with Crippen molar-refractivity contribution >= 4 is 28.8 Å². The fraction of sp³-hybridized carbons (Fsp3) is 0.562. The van der Waals surface area contributed by atoms with Crippen molar-refractivity contribution in [3.05, 3.63) is 34.3 Å². The molecule has 1 aromatic carbocycles. The Morgan fingerprint density at radius 3 is 3.00 bits per heavy atom. The van der Waals surface area contributed by atoms with E-state index < -0.39 is 0 Å². The second kappa shape index (κ2) is 8.08. The van der Waals surface area contributed by atoms with E-state index in [1.165, 1.54) is 6.42 Å². The monoisotopic (exact) mass is 326 g/mol. The molecule has 116 valence electrons. The Hall–Kier alpha value is -0.680. The molecular formula is C16H23ClN2OS. The van der Waals surface area contributed by atoms with Crippen molar-refractivity contribution in [1.29, 1.82) is 0 Å². The van der Waals surface area contributed by atoms with Gasteiger partial charge >= 0.3 is 0 Å². The molecule has 0 aliphatic carbocycles. The van der Waals surface area contributed by atoms with Crippen molar-refractivity contribution in [3.8, 4) is 0 Å². The highest BCUT2D eigenvalue weighted by Crippen LogP contribution is 2.22. The molecule has 1 saturated heterocycles. The van der Waals surface area contributed by atoms with Crippen LogP contribution in [0.1, 0.15) is 37.3 Å². The van der Waals surface area contributed by atoms with Gasteiger partial charge in [-0.25, -0.2) is 0 Å². The van der Waals surface area contributed by atoms with Crippen LogP contribution in [0.2, 0.25) is 5.02 Å². The van der Waals surface area contributed by atoms with Gasteiger partial charge in [0.15, 0.2) is 0 Å². The Morgan fingerprint density at radius 1 is 1.52 bits per heavy atom. The molecule has 2 rings (SSSR count). The van der Waals surface area contributed by atoms with Crippen molar-refractivity contribution < 1.29 is 4.74 Å². The quantitative estimate of drug-likeness (QED) is 0.813. The SMILES string of the molecule is CCCOC1CCCN(Cc2ccc(C(N)=S)cc2Cl)C1. The van der Waals surface area contributed by atoms with Gasteiger partial charge in [-0.05, 0) is 37.4 Å². The van der Waals surface area contributed by atoms with E-state index in [4.69, 9.17) is 34.3 Å². The van der Waals surface area contributed by atoms with E-state index in [0.29, 0.717) is 11.1 Å². The molecule has 1 aliphatic heterocycles. The molecule has 0 amide bonds. The van der Waals surface area contributed by atoms with Gasteiger partial charge in [-0.15, -0.1) is 0 Å². The van der Waals surface area contributed by atoms with Crippen LogP contribution in [-0.2, 0) is 11.3 Å². The molecule has 0 bridgehead atoms. The lowest BCUT2D eigenvalue weighted by Gasteiger charge is -2.32. The number of nitrogens with two attached hydrogens (primary N) is 1. The lowest BCUT2D eigenvalue weighted by molar-refractivity contribution is -0.00222. The van der Waals surface area contributed by atoms with Crippen LogP contribution < -0.4 is 5.73 Å². The fourth-order valence-electron chi connectivity index (χ4n) is 2.65. The minimum absolute atomic E-state index is 0.355. The molecule has 0 radical (unpaired) electrons. The second-order valence-corrected chi connectivity index (χ2v) is 6.39. The summed E-state index contributed by atoms with van der Waals surface area (Å²) in [5.41, 5.74) is 7.57. The molecule has 1 aliphatic rings. The summed E-state index contributed by atoms with van der Waals surface area (Å²) in [5, 5.41) is 0.733. The van der Waals surface area contributed by atoms with Crippen LogP contribution in [0.3, 0.4) is 0 Å². The van der Waals surface area contributed by atoms with Gasteiger partial charge < -0.3 is 10.5 Å². The molecule has 0 saturated carbocycles. The normalized spacial score (nSPS) is 19.6. The Kier molecular flexibility index (Phi) is 6.42. The standard InChI is InChI=1S/C16H23ClN2OS/c1-2-8-20-14-4-3-7-19(11-14)10-13-6-5-12(16(18)21)9-15(13)17/h5-6,9,14H,2-4,7-8,10-11H2,1H3,(H2,18,21). The zero-order valence-electron chi connectivity index (χ0n) is 12.5. The maximum absolute atomic E-state index is 6.34. The highest BCUT2D eigenvalue weighted by Gasteiger charge is 2.20. The van der Waals surface area contributed by atoms with Gasteiger partial charge in [-0.2, -0.15) is 0 Å². The molecule has 2 N–H and O–H groups in total. The Morgan fingerprint density at radius 2 is 2.33 bits per heavy atom. The topological polar surface area (TPSA) is 38.5 Å². The molecule has 1 fully saturated rings. The van der Waals surface area contributed by atoms with E-state index in [-0.39, 0.29) is 0 Å². The Bertz CT molecular complexity index is 495. The zero-order chi connectivity index (χ0) is 15.2. The van der Waals surface area contributed by atoms with Gasteiger partial charge in [0, 0.05) is 30.3 Å². The fourth-order valence-corrected chi connectivity index (χ4v) is 3.01. The first-order valence-electron chi connectivity index (χ1n) is 7.52. The second-order valence-electron chi connectivity index (χ2n) is 5.54. The number of thiocarbonyl (C=S) groups is 1. The predicted molar refractivity (Wildman–Crippen MR) is 91.9 cm³/mol. The molecule has 5 heteroatoms. The van der Waals surface area contributed by atoms with Crippen molar-refractivity contribution in [2.24, 2.45) is 5.73 Å². The first kappa shape index (κ1) is 16.7.